The van der Waals surface area contributed by atoms with Crippen molar-refractivity contribution in [1.82, 2.24) is 25.2 Å². The van der Waals surface area contributed by atoms with Crippen molar-refractivity contribution >= 4 is 38.9 Å². The highest BCUT2D eigenvalue weighted by atomic mass is 32.2. The van der Waals surface area contributed by atoms with E-state index in [1.807, 2.05) is 0 Å². The quantitative estimate of drug-likeness (QED) is 0.311. The molecule has 2 aromatic heterocycles. The molecule has 5 rings (SSSR count). The van der Waals surface area contributed by atoms with Crippen molar-refractivity contribution in [2.45, 2.75) is 18.0 Å². The van der Waals surface area contributed by atoms with Crippen molar-refractivity contribution in [1.29, 1.82) is 0 Å². The molecular formula is C25H21FN6O6S. The molecule has 3 heterocycles. The molecule has 0 saturated carbocycles. The van der Waals surface area contributed by atoms with Gasteiger partial charge in [-0.15, -0.1) is 0 Å². The summed E-state index contributed by atoms with van der Waals surface area (Å²) >= 11 is 0. The summed E-state index contributed by atoms with van der Waals surface area (Å²) < 4.78 is 43.9. The summed E-state index contributed by atoms with van der Waals surface area (Å²) in [5, 5.41) is 11.8. The van der Waals surface area contributed by atoms with Crippen molar-refractivity contribution in [3.8, 4) is 5.75 Å². The van der Waals surface area contributed by atoms with E-state index < -0.39 is 27.5 Å². The maximum absolute atomic E-state index is 14.4. The van der Waals surface area contributed by atoms with Crippen molar-refractivity contribution in [2.24, 2.45) is 0 Å². The smallest absolute Gasteiger partial charge is 0.270 e. The molecule has 4 aromatic rings. The number of benzene rings is 2. The van der Waals surface area contributed by atoms with Gasteiger partial charge in [-0.05, 0) is 35.4 Å². The minimum Gasteiger partial charge on any atom is -0.482 e. The number of nitrogens with one attached hydrogen (secondary N) is 3. The molecule has 3 N–H and O–H groups in total. The summed E-state index contributed by atoms with van der Waals surface area (Å²) in [6.45, 7) is 0.0197. The van der Waals surface area contributed by atoms with E-state index in [1.54, 1.807) is 30.3 Å². The number of halogens is 1. The van der Waals surface area contributed by atoms with Crippen LogP contribution in [-0.2, 0) is 27.7 Å². The largest absolute Gasteiger partial charge is 0.482 e. The Morgan fingerprint density at radius 1 is 1.05 bits per heavy atom. The predicted octanol–water partition coefficient (Wildman–Crippen LogP) is 1.46. The highest BCUT2D eigenvalue weighted by Crippen LogP contribution is 2.28. The number of amides is 3. The number of rotatable bonds is 7. The Kier molecular flexibility index (Phi) is 6.70. The van der Waals surface area contributed by atoms with Crippen LogP contribution in [0, 0.1) is 5.82 Å². The van der Waals surface area contributed by atoms with Crippen LogP contribution < -0.4 is 20.7 Å². The van der Waals surface area contributed by atoms with E-state index in [4.69, 9.17) is 4.74 Å². The van der Waals surface area contributed by atoms with Crippen molar-refractivity contribution < 1.29 is 31.9 Å². The molecule has 200 valence electrons. The minimum absolute atomic E-state index is 0.0382. The number of carbonyl (C=O) groups is 3. The first-order valence-electron chi connectivity index (χ1n) is 11.5. The number of fused-ring (bicyclic) bond motifs is 2. The zero-order valence-corrected chi connectivity index (χ0v) is 21.2. The van der Waals surface area contributed by atoms with E-state index in [9.17, 15) is 27.2 Å². The Balaban J connectivity index is 1.32. The first-order chi connectivity index (χ1) is 18.6. The molecule has 14 heteroatoms. The summed E-state index contributed by atoms with van der Waals surface area (Å²) in [6.07, 6.45) is 1.98. The number of hydrogen-bond donors (Lipinski definition) is 3. The van der Waals surface area contributed by atoms with Gasteiger partial charge in [0.1, 0.15) is 17.1 Å². The Labute approximate surface area is 221 Å². The lowest BCUT2D eigenvalue weighted by molar-refractivity contribution is -0.118. The number of ether oxygens (including phenoxy) is 1. The minimum atomic E-state index is -3.36. The van der Waals surface area contributed by atoms with E-state index in [1.165, 1.54) is 18.2 Å². The molecule has 0 fully saturated rings. The van der Waals surface area contributed by atoms with E-state index in [-0.39, 0.29) is 47.5 Å². The maximum Gasteiger partial charge on any atom is 0.270 e. The molecule has 0 aliphatic carbocycles. The molecule has 2 aromatic carbocycles. The number of anilines is 1. The van der Waals surface area contributed by atoms with Crippen LogP contribution in [0.5, 0.6) is 5.75 Å². The number of aromatic nitrogens is 3. The molecule has 0 unspecified atom stereocenters. The van der Waals surface area contributed by atoms with Gasteiger partial charge in [-0.3, -0.25) is 14.4 Å². The van der Waals surface area contributed by atoms with Gasteiger partial charge in [-0.25, -0.2) is 22.3 Å². The molecule has 12 nitrogen and oxygen atoms in total. The summed E-state index contributed by atoms with van der Waals surface area (Å²) in [4.78, 5) is 41.6. The summed E-state index contributed by atoms with van der Waals surface area (Å²) in [5.41, 5.74) is 1.11. The Morgan fingerprint density at radius 3 is 2.49 bits per heavy atom. The Hall–Kier alpha value is -4.85. The fraction of sp³-hybridized carbons (Fsp3) is 0.160. The molecule has 0 atom stereocenters. The van der Waals surface area contributed by atoms with Crippen molar-refractivity contribution in [3.05, 3.63) is 83.1 Å². The average Bonchev–Trinajstić information content (AvgIpc) is 3.29. The van der Waals surface area contributed by atoms with Gasteiger partial charge < -0.3 is 20.7 Å². The lowest BCUT2D eigenvalue weighted by atomic mass is 10.1. The molecular weight excluding hydrogens is 531 g/mol. The Bertz CT molecular complexity index is 1740. The second-order valence-electron chi connectivity index (χ2n) is 8.70. The third-order valence-corrected chi connectivity index (χ3v) is 6.96. The molecule has 1 aliphatic rings. The second kappa shape index (κ2) is 10.1. The second-order valence-corrected chi connectivity index (χ2v) is 10.7. The van der Waals surface area contributed by atoms with E-state index in [0.717, 1.165) is 17.0 Å². The molecule has 39 heavy (non-hydrogen) atoms. The number of carbonyl (C=O) groups excluding carboxylic acids is 3. The SMILES string of the molecule is CS(=O)(=O)c1ccc(CNC(=O)c2cc(C(=O)NCc3ccc4c(c3)NC(=O)CO4)nc3c(F)cnn23)cc1. The average molecular weight is 553 g/mol. The van der Waals surface area contributed by atoms with Gasteiger partial charge in [0.2, 0.25) is 0 Å². The zero-order chi connectivity index (χ0) is 27.7. The van der Waals surface area contributed by atoms with Crippen LogP contribution in [0.15, 0.2) is 59.6 Å². The van der Waals surface area contributed by atoms with Gasteiger partial charge in [-0.1, -0.05) is 18.2 Å². The summed E-state index contributed by atoms with van der Waals surface area (Å²) in [7, 11) is -3.36. The van der Waals surface area contributed by atoms with Gasteiger partial charge in [0.05, 0.1) is 16.8 Å². The lowest BCUT2D eigenvalue weighted by Gasteiger charge is -2.18. The summed E-state index contributed by atoms with van der Waals surface area (Å²) in [5.74, 6) is -1.92. The lowest BCUT2D eigenvalue weighted by Crippen LogP contribution is -2.29. The van der Waals surface area contributed by atoms with Crippen LogP contribution in [0.1, 0.15) is 32.1 Å². The molecule has 0 bridgehead atoms. The van der Waals surface area contributed by atoms with Crippen LogP contribution in [0.3, 0.4) is 0 Å². The van der Waals surface area contributed by atoms with Crippen molar-refractivity contribution in [2.75, 3.05) is 18.2 Å². The van der Waals surface area contributed by atoms with E-state index in [0.29, 0.717) is 22.6 Å². The molecule has 1 aliphatic heterocycles. The van der Waals surface area contributed by atoms with Gasteiger partial charge in [0.25, 0.3) is 17.7 Å². The van der Waals surface area contributed by atoms with Gasteiger partial charge in [0.15, 0.2) is 27.9 Å². The zero-order valence-electron chi connectivity index (χ0n) is 20.4. The molecule has 0 saturated heterocycles. The predicted molar refractivity (Wildman–Crippen MR) is 135 cm³/mol. The van der Waals surface area contributed by atoms with E-state index in [2.05, 4.69) is 26.0 Å². The highest BCUT2D eigenvalue weighted by molar-refractivity contribution is 7.90. The van der Waals surface area contributed by atoms with Crippen molar-refractivity contribution in [3.63, 3.8) is 0 Å². The van der Waals surface area contributed by atoms with Gasteiger partial charge in [-0.2, -0.15) is 5.10 Å². The standard InChI is InChI=1S/C25H21FN6O6S/c1-39(36,37)16-5-2-14(3-6-16)10-28-25(35)20-9-19(31-23-17(26)12-29-32(20)23)24(34)27-11-15-4-7-21-18(8-15)30-22(33)13-38-21/h2-9,12H,10-11,13H2,1H3,(H,27,34)(H,28,35)(H,30,33). The fourth-order valence-electron chi connectivity index (χ4n) is 3.85. The van der Waals surface area contributed by atoms with E-state index >= 15 is 0 Å². The molecule has 0 radical (unpaired) electrons. The molecule has 3 amide bonds. The van der Waals surface area contributed by atoms with Crippen LogP contribution in [0.4, 0.5) is 10.1 Å². The fourth-order valence-corrected chi connectivity index (χ4v) is 4.49. The van der Waals surface area contributed by atoms with Gasteiger partial charge in [0, 0.05) is 25.4 Å². The monoisotopic (exact) mass is 552 g/mol. The first-order valence-corrected chi connectivity index (χ1v) is 13.4. The molecule has 0 spiro atoms. The first kappa shape index (κ1) is 25.8. The van der Waals surface area contributed by atoms with Crippen LogP contribution in [-0.4, -0.2) is 53.6 Å². The Morgan fingerprint density at radius 2 is 1.74 bits per heavy atom. The third kappa shape index (κ3) is 5.55. The van der Waals surface area contributed by atoms with Crippen LogP contribution in [0.2, 0.25) is 0 Å². The van der Waals surface area contributed by atoms with Gasteiger partial charge >= 0.3 is 0 Å². The number of nitrogens with zero attached hydrogens (tertiary/aromatic N) is 3. The summed E-state index contributed by atoms with van der Waals surface area (Å²) in [6, 6.07) is 12.2. The van der Waals surface area contributed by atoms with Crippen LogP contribution >= 0.6 is 0 Å². The maximum atomic E-state index is 14.4. The highest BCUT2D eigenvalue weighted by Gasteiger charge is 2.21. The normalized spacial score (nSPS) is 12.8. The van der Waals surface area contributed by atoms with Crippen LogP contribution in [0.25, 0.3) is 5.65 Å². The number of hydrogen-bond acceptors (Lipinski definition) is 8. The third-order valence-electron chi connectivity index (χ3n) is 5.83. The topological polar surface area (TPSA) is 161 Å². The number of sulfone groups is 1.